The molecule has 0 spiro atoms. The highest BCUT2D eigenvalue weighted by molar-refractivity contribution is 5.96. The summed E-state index contributed by atoms with van der Waals surface area (Å²) in [4.78, 5) is 23.7. The summed E-state index contributed by atoms with van der Waals surface area (Å²) in [6, 6.07) is 6.80. The third-order valence-corrected chi connectivity index (χ3v) is 2.69. The van der Waals surface area contributed by atoms with E-state index < -0.39 is 0 Å². The largest absolute Gasteiger partial charge is 0.383 e. The normalized spacial score (nSPS) is 11.1. The highest BCUT2D eigenvalue weighted by atomic mass is 16.5. The van der Waals surface area contributed by atoms with E-state index in [9.17, 15) is 9.59 Å². The van der Waals surface area contributed by atoms with E-state index in [-0.39, 0.29) is 23.9 Å². The molecular weight excluding hydrogens is 282 g/mol. The monoisotopic (exact) mass is 307 g/mol. The molecule has 1 rings (SSSR count). The fraction of sp³-hybridized carbons (Fsp3) is 0.500. The second-order valence-electron chi connectivity index (χ2n) is 6.00. The highest BCUT2D eigenvalue weighted by Crippen LogP contribution is 2.10. The van der Waals surface area contributed by atoms with E-state index >= 15 is 0 Å². The smallest absolute Gasteiger partial charge is 0.251 e. The number of methoxy groups -OCH3 is 1. The van der Waals surface area contributed by atoms with Gasteiger partial charge in [0.1, 0.15) is 0 Å². The van der Waals surface area contributed by atoms with Gasteiger partial charge in [-0.2, -0.15) is 0 Å². The minimum atomic E-state index is -0.280. The van der Waals surface area contributed by atoms with Gasteiger partial charge in [0.15, 0.2) is 0 Å². The van der Waals surface area contributed by atoms with Crippen molar-refractivity contribution in [2.45, 2.75) is 26.3 Å². The molecule has 0 heterocycles. The predicted molar refractivity (Wildman–Crippen MR) is 87.0 cm³/mol. The lowest BCUT2D eigenvalue weighted by molar-refractivity contribution is -0.115. The molecule has 3 N–H and O–H groups in total. The lowest BCUT2D eigenvalue weighted by Gasteiger charge is -2.20. The molecule has 0 atom stereocenters. The van der Waals surface area contributed by atoms with Gasteiger partial charge < -0.3 is 20.7 Å². The van der Waals surface area contributed by atoms with Crippen molar-refractivity contribution in [1.82, 2.24) is 10.6 Å². The zero-order valence-corrected chi connectivity index (χ0v) is 13.7. The third-order valence-electron chi connectivity index (χ3n) is 2.69. The van der Waals surface area contributed by atoms with Gasteiger partial charge in [0.2, 0.25) is 5.91 Å². The van der Waals surface area contributed by atoms with E-state index in [0.717, 1.165) is 0 Å². The van der Waals surface area contributed by atoms with Crippen LogP contribution >= 0.6 is 0 Å². The maximum Gasteiger partial charge on any atom is 0.251 e. The fourth-order valence-corrected chi connectivity index (χ4v) is 1.70. The molecule has 0 unspecified atom stereocenters. The number of carbonyl (C=O) groups is 2. The molecule has 0 bridgehead atoms. The first-order valence-electron chi connectivity index (χ1n) is 7.24. The van der Waals surface area contributed by atoms with E-state index in [0.29, 0.717) is 24.4 Å². The molecule has 0 fully saturated rings. The Morgan fingerprint density at radius 1 is 1.14 bits per heavy atom. The number of ether oxygens (including phenoxy) is 1. The lowest BCUT2D eigenvalue weighted by atomic mass is 10.1. The molecule has 6 heteroatoms. The molecule has 0 aliphatic heterocycles. The number of hydrogen-bond acceptors (Lipinski definition) is 4. The summed E-state index contributed by atoms with van der Waals surface area (Å²) >= 11 is 0. The molecule has 0 saturated carbocycles. The Labute approximate surface area is 131 Å². The second kappa shape index (κ2) is 8.51. The number of nitrogens with one attached hydrogen (secondary N) is 3. The van der Waals surface area contributed by atoms with Crippen LogP contribution < -0.4 is 16.0 Å². The zero-order chi connectivity index (χ0) is 16.6. The molecule has 1 aromatic rings. The van der Waals surface area contributed by atoms with Crippen LogP contribution in [0, 0.1) is 0 Å². The number of amides is 2. The van der Waals surface area contributed by atoms with Crippen molar-refractivity contribution in [3.05, 3.63) is 29.8 Å². The van der Waals surface area contributed by atoms with E-state index in [4.69, 9.17) is 4.74 Å². The Balaban J connectivity index is 2.47. The second-order valence-corrected chi connectivity index (χ2v) is 6.00. The first-order chi connectivity index (χ1) is 10.3. The van der Waals surface area contributed by atoms with Crippen molar-refractivity contribution < 1.29 is 14.3 Å². The van der Waals surface area contributed by atoms with E-state index in [1.807, 2.05) is 20.8 Å². The molecular formula is C16H25N3O3. The predicted octanol–water partition coefficient (Wildman–Crippen LogP) is 1.39. The minimum Gasteiger partial charge on any atom is -0.383 e. The van der Waals surface area contributed by atoms with Crippen LogP contribution in [-0.4, -0.2) is 44.2 Å². The first-order valence-corrected chi connectivity index (χ1v) is 7.24. The van der Waals surface area contributed by atoms with Gasteiger partial charge in [0.05, 0.1) is 13.2 Å². The average Bonchev–Trinajstić information content (AvgIpc) is 2.42. The highest BCUT2D eigenvalue weighted by Gasteiger charge is 2.15. The summed E-state index contributed by atoms with van der Waals surface area (Å²) in [5.74, 6) is -0.269. The first kappa shape index (κ1) is 18.1. The van der Waals surface area contributed by atoms with Gasteiger partial charge in [0, 0.05) is 30.4 Å². The maximum absolute atomic E-state index is 12.0. The topological polar surface area (TPSA) is 79.5 Å². The Kier molecular flexibility index (Phi) is 7.01. The number of hydrogen-bond donors (Lipinski definition) is 3. The molecule has 6 nitrogen and oxygen atoms in total. The Morgan fingerprint density at radius 3 is 2.32 bits per heavy atom. The van der Waals surface area contributed by atoms with Crippen LogP contribution in [0.3, 0.4) is 0 Å². The third kappa shape index (κ3) is 7.19. The summed E-state index contributed by atoms with van der Waals surface area (Å²) in [6.07, 6.45) is 0. The molecule has 122 valence electrons. The van der Waals surface area contributed by atoms with Crippen molar-refractivity contribution in [2.75, 3.05) is 32.1 Å². The molecule has 22 heavy (non-hydrogen) atoms. The summed E-state index contributed by atoms with van der Waals surface area (Å²) in [7, 11) is 1.61. The van der Waals surface area contributed by atoms with E-state index in [1.54, 1.807) is 31.4 Å². The van der Waals surface area contributed by atoms with Gasteiger partial charge in [0.25, 0.3) is 5.91 Å². The number of anilines is 1. The van der Waals surface area contributed by atoms with Crippen molar-refractivity contribution in [3.8, 4) is 0 Å². The van der Waals surface area contributed by atoms with Crippen molar-refractivity contribution >= 4 is 17.5 Å². The van der Waals surface area contributed by atoms with Crippen LogP contribution in [0.5, 0.6) is 0 Å². The SMILES string of the molecule is COCCNCC(=O)Nc1ccc(C(=O)NC(C)(C)C)cc1. The molecule has 0 aliphatic rings. The number of rotatable bonds is 7. The Morgan fingerprint density at radius 2 is 1.77 bits per heavy atom. The standard InChI is InChI=1S/C16H25N3O3/c1-16(2,3)19-15(21)12-5-7-13(8-6-12)18-14(20)11-17-9-10-22-4/h5-8,17H,9-11H2,1-4H3,(H,18,20)(H,19,21). The van der Waals surface area contributed by atoms with Gasteiger partial charge in [-0.05, 0) is 45.0 Å². The van der Waals surface area contributed by atoms with E-state index in [2.05, 4.69) is 16.0 Å². The molecule has 0 aromatic heterocycles. The summed E-state index contributed by atoms with van der Waals surface area (Å²) in [6.45, 7) is 7.18. The Hall–Kier alpha value is -1.92. The van der Waals surface area contributed by atoms with Gasteiger partial charge >= 0.3 is 0 Å². The van der Waals surface area contributed by atoms with Crippen LogP contribution in [-0.2, 0) is 9.53 Å². The van der Waals surface area contributed by atoms with Crippen LogP contribution in [0.4, 0.5) is 5.69 Å². The van der Waals surface area contributed by atoms with Crippen LogP contribution in [0.25, 0.3) is 0 Å². The minimum absolute atomic E-state index is 0.133. The van der Waals surface area contributed by atoms with Crippen LogP contribution in [0.1, 0.15) is 31.1 Å². The molecule has 0 aliphatic carbocycles. The van der Waals surface area contributed by atoms with Crippen LogP contribution in [0.15, 0.2) is 24.3 Å². The molecule has 0 radical (unpaired) electrons. The van der Waals surface area contributed by atoms with Gasteiger partial charge in [-0.3, -0.25) is 9.59 Å². The fourth-order valence-electron chi connectivity index (χ4n) is 1.70. The Bertz CT molecular complexity index is 492. The van der Waals surface area contributed by atoms with Crippen molar-refractivity contribution in [3.63, 3.8) is 0 Å². The van der Waals surface area contributed by atoms with Crippen LogP contribution in [0.2, 0.25) is 0 Å². The van der Waals surface area contributed by atoms with Gasteiger partial charge in [-0.15, -0.1) is 0 Å². The summed E-state index contributed by atoms with van der Waals surface area (Å²) in [5, 5.41) is 8.61. The molecule has 2 amide bonds. The maximum atomic E-state index is 12.0. The van der Waals surface area contributed by atoms with Gasteiger partial charge in [-0.25, -0.2) is 0 Å². The van der Waals surface area contributed by atoms with Crippen molar-refractivity contribution in [2.24, 2.45) is 0 Å². The zero-order valence-electron chi connectivity index (χ0n) is 13.7. The van der Waals surface area contributed by atoms with Crippen molar-refractivity contribution in [1.29, 1.82) is 0 Å². The summed E-state index contributed by atoms with van der Waals surface area (Å²) in [5.41, 5.74) is 0.940. The quantitative estimate of drug-likeness (QED) is 0.665. The molecule has 0 saturated heterocycles. The lowest BCUT2D eigenvalue weighted by Crippen LogP contribution is -2.40. The average molecular weight is 307 g/mol. The number of benzene rings is 1. The number of carbonyl (C=O) groups excluding carboxylic acids is 2. The summed E-state index contributed by atoms with van der Waals surface area (Å²) < 4.78 is 4.88. The molecule has 1 aromatic carbocycles. The van der Waals surface area contributed by atoms with Gasteiger partial charge in [-0.1, -0.05) is 0 Å². The van der Waals surface area contributed by atoms with E-state index in [1.165, 1.54) is 0 Å².